The Morgan fingerprint density at radius 3 is 2.62 bits per heavy atom. The number of aliphatic carboxylic acids is 1. The van der Waals surface area contributed by atoms with Crippen LogP contribution in [-0.4, -0.2) is 23.7 Å². The SMILES string of the molecule is O=C(O)CNC(=O)Nc1cccc(Cl)c1Cl. The van der Waals surface area contributed by atoms with E-state index >= 15 is 0 Å². The van der Waals surface area contributed by atoms with Crippen molar-refractivity contribution in [2.75, 3.05) is 11.9 Å². The van der Waals surface area contributed by atoms with Gasteiger partial charge < -0.3 is 15.7 Å². The molecule has 0 saturated carbocycles. The minimum atomic E-state index is -1.13. The lowest BCUT2D eigenvalue weighted by Gasteiger charge is -2.08. The second-order valence-corrected chi connectivity index (χ2v) is 3.59. The van der Waals surface area contributed by atoms with Gasteiger partial charge in [-0.2, -0.15) is 0 Å². The number of halogens is 2. The van der Waals surface area contributed by atoms with E-state index in [1.807, 2.05) is 0 Å². The zero-order valence-electron chi connectivity index (χ0n) is 7.96. The number of carboxylic acids is 1. The fourth-order valence-corrected chi connectivity index (χ4v) is 1.27. The number of carbonyl (C=O) groups excluding carboxylic acids is 1. The predicted octanol–water partition coefficient (Wildman–Crippen LogP) is 2.20. The Balaban J connectivity index is 2.63. The second kappa shape index (κ2) is 5.58. The number of hydrogen-bond acceptors (Lipinski definition) is 2. The highest BCUT2D eigenvalue weighted by molar-refractivity contribution is 6.43. The maximum absolute atomic E-state index is 11.2. The van der Waals surface area contributed by atoms with Crippen molar-refractivity contribution in [2.45, 2.75) is 0 Å². The van der Waals surface area contributed by atoms with E-state index in [1.165, 1.54) is 0 Å². The molecule has 3 N–H and O–H groups in total. The molecule has 0 saturated heterocycles. The van der Waals surface area contributed by atoms with Crippen molar-refractivity contribution >= 4 is 40.9 Å². The van der Waals surface area contributed by atoms with Crippen molar-refractivity contribution in [3.8, 4) is 0 Å². The van der Waals surface area contributed by atoms with Crippen molar-refractivity contribution in [2.24, 2.45) is 0 Å². The average molecular weight is 263 g/mol. The zero-order chi connectivity index (χ0) is 12.1. The van der Waals surface area contributed by atoms with Crippen molar-refractivity contribution in [3.63, 3.8) is 0 Å². The number of amides is 2. The van der Waals surface area contributed by atoms with Crippen LogP contribution >= 0.6 is 23.2 Å². The highest BCUT2D eigenvalue weighted by atomic mass is 35.5. The Bertz CT molecular complexity index is 423. The highest BCUT2D eigenvalue weighted by Crippen LogP contribution is 2.29. The van der Waals surface area contributed by atoms with Crippen LogP contribution in [0.1, 0.15) is 0 Å². The van der Waals surface area contributed by atoms with Gasteiger partial charge in [0.05, 0.1) is 15.7 Å². The van der Waals surface area contributed by atoms with Gasteiger partial charge in [0.2, 0.25) is 0 Å². The summed E-state index contributed by atoms with van der Waals surface area (Å²) in [6.45, 7) is -0.468. The summed E-state index contributed by atoms with van der Waals surface area (Å²) in [5, 5.41) is 13.3. The summed E-state index contributed by atoms with van der Waals surface area (Å²) >= 11 is 11.5. The number of benzene rings is 1. The van der Waals surface area contributed by atoms with Gasteiger partial charge in [0.1, 0.15) is 6.54 Å². The summed E-state index contributed by atoms with van der Waals surface area (Å²) in [4.78, 5) is 21.4. The first-order valence-electron chi connectivity index (χ1n) is 4.21. The van der Waals surface area contributed by atoms with Crippen LogP contribution in [0, 0.1) is 0 Å². The van der Waals surface area contributed by atoms with E-state index < -0.39 is 18.5 Å². The molecule has 16 heavy (non-hydrogen) atoms. The van der Waals surface area contributed by atoms with E-state index in [-0.39, 0.29) is 5.02 Å². The summed E-state index contributed by atoms with van der Waals surface area (Å²) in [5.74, 6) is -1.13. The largest absolute Gasteiger partial charge is 0.480 e. The molecule has 0 heterocycles. The van der Waals surface area contributed by atoms with Crippen molar-refractivity contribution in [1.82, 2.24) is 5.32 Å². The number of urea groups is 1. The second-order valence-electron chi connectivity index (χ2n) is 2.80. The number of anilines is 1. The molecule has 5 nitrogen and oxygen atoms in total. The van der Waals surface area contributed by atoms with Crippen LogP contribution in [0.5, 0.6) is 0 Å². The summed E-state index contributed by atoms with van der Waals surface area (Å²) in [6.07, 6.45) is 0. The van der Waals surface area contributed by atoms with Gasteiger partial charge in [0, 0.05) is 0 Å². The lowest BCUT2D eigenvalue weighted by atomic mass is 10.3. The van der Waals surface area contributed by atoms with Crippen molar-refractivity contribution < 1.29 is 14.7 Å². The fraction of sp³-hybridized carbons (Fsp3) is 0.111. The normalized spacial score (nSPS) is 9.62. The van der Waals surface area contributed by atoms with Crippen molar-refractivity contribution in [1.29, 1.82) is 0 Å². The van der Waals surface area contributed by atoms with Crippen LogP contribution < -0.4 is 10.6 Å². The molecule has 0 atom stereocenters. The Morgan fingerprint density at radius 2 is 2.00 bits per heavy atom. The molecule has 0 aromatic heterocycles. The standard InChI is InChI=1S/C9H8Cl2N2O3/c10-5-2-1-3-6(8(5)11)13-9(16)12-4-7(14)15/h1-3H,4H2,(H,14,15)(H2,12,13,16). The average Bonchev–Trinajstić information content (AvgIpc) is 2.22. The molecule has 7 heteroatoms. The Kier molecular flexibility index (Phi) is 4.39. The molecule has 1 aromatic carbocycles. The third-order valence-corrected chi connectivity index (χ3v) is 2.42. The van der Waals surface area contributed by atoms with Crippen LogP contribution in [0.4, 0.5) is 10.5 Å². The first-order valence-corrected chi connectivity index (χ1v) is 4.97. The van der Waals surface area contributed by atoms with E-state index in [0.717, 1.165) is 0 Å². The molecule has 0 aliphatic carbocycles. The molecule has 0 aliphatic heterocycles. The molecule has 0 radical (unpaired) electrons. The van der Waals surface area contributed by atoms with Crippen LogP contribution in [0.2, 0.25) is 10.0 Å². The van der Waals surface area contributed by atoms with Crippen LogP contribution in [0.25, 0.3) is 0 Å². The van der Waals surface area contributed by atoms with E-state index in [9.17, 15) is 9.59 Å². The fourth-order valence-electron chi connectivity index (χ4n) is 0.923. The monoisotopic (exact) mass is 262 g/mol. The lowest BCUT2D eigenvalue weighted by Crippen LogP contribution is -2.33. The van der Waals surface area contributed by atoms with Crippen molar-refractivity contribution in [3.05, 3.63) is 28.2 Å². The molecule has 0 aliphatic rings. The number of carboxylic acid groups (broad SMARTS) is 1. The molecule has 86 valence electrons. The first kappa shape index (κ1) is 12.6. The number of hydrogen-bond donors (Lipinski definition) is 3. The lowest BCUT2D eigenvalue weighted by molar-refractivity contribution is -0.135. The van der Waals surface area contributed by atoms with E-state index in [2.05, 4.69) is 10.6 Å². The minimum Gasteiger partial charge on any atom is -0.480 e. The summed E-state index contributed by atoms with van der Waals surface area (Å²) in [5.41, 5.74) is 0.317. The Labute approximate surface area is 101 Å². The molecule has 0 bridgehead atoms. The van der Waals surface area contributed by atoms with Gasteiger partial charge in [0.15, 0.2) is 0 Å². The van der Waals surface area contributed by atoms with E-state index in [0.29, 0.717) is 10.7 Å². The molecule has 0 fully saturated rings. The molecule has 1 aromatic rings. The minimum absolute atomic E-state index is 0.203. The summed E-state index contributed by atoms with van der Waals surface area (Å²) in [6, 6.07) is 4.08. The van der Waals surface area contributed by atoms with Gasteiger partial charge in [-0.3, -0.25) is 4.79 Å². The number of rotatable bonds is 3. The van der Waals surface area contributed by atoms with Crippen LogP contribution in [-0.2, 0) is 4.79 Å². The van der Waals surface area contributed by atoms with Gasteiger partial charge in [0.25, 0.3) is 0 Å². The maximum atomic E-state index is 11.2. The molecule has 1 rings (SSSR count). The van der Waals surface area contributed by atoms with E-state index in [4.69, 9.17) is 28.3 Å². The maximum Gasteiger partial charge on any atom is 0.323 e. The molecular formula is C9H8Cl2N2O3. The zero-order valence-corrected chi connectivity index (χ0v) is 9.47. The predicted molar refractivity (Wildman–Crippen MR) is 61.1 cm³/mol. The van der Waals surface area contributed by atoms with Gasteiger partial charge in [-0.05, 0) is 12.1 Å². The number of nitrogens with one attached hydrogen (secondary N) is 2. The first-order chi connectivity index (χ1) is 7.50. The topological polar surface area (TPSA) is 78.4 Å². The van der Waals surface area contributed by atoms with E-state index in [1.54, 1.807) is 18.2 Å². The van der Waals surface area contributed by atoms with Crippen LogP contribution in [0.15, 0.2) is 18.2 Å². The summed E-state index contributed by atoms with van der Waals surface area (Å²) < 4.78 is 0. The Hall–Kier alpha value is -1.46. The molecule has 0 unspecified atom stereocenters. The van der Waals surface area contributed by atoms with Gasteiger partial charge in [-0.1, -0.05) is 29.3 Å². The van der Waals surface area contributed by atoms with Gasteiger partial charge >= 0.3 is 12.0 Å². The smallest absolute Gasteiger partial charge is 0.323 e. The summed E-state index contributed by atoms with van der Waals surface area (Å²) in [7, 11) is 0. The molecule has 2 amide bonds. The highest BCUT2D eigenvalue weighted by Gasteiger charge is 2.08. The third-order valence-electron chi connectivity index (χ3n) is 1.60. The van der Waals surface area contributed by atoms with Gasteiger partial charge in [-0.15, -0.1) is 0 Å². The third kappa shape index (κ3) is 3.60. The van der Waals surface area contributed by atoms with Crippen LogP contribution in [0.3, 0.4) is 0 Å². The number of carbonyl (C=O) groups is 2. The molecule has 0 spiro atoms. The Morgan fingerprint density at radius 1 is 1.31 bits per heavy atom. The molecular weight excluding hydrogens is 255 g/mol. The quantitative estimate of drug-likeness (QED) is 0.782. The van der Waals surface area contributed by atoms with Gasteiger partial charge in [-0.25, -0.2) is 4.79 Å².